The van der Waals surface area contributed by atoms with Crippen molar-refractivity contribution in [2.45, 2.75) is 6.61 Å². The highest BCUT2D eigenvalue weighted by molar-refractivity contribution is 6.30. The monoisotopic (exact) mass is 427 g/mol. The summed E-state index contributed by atoms with van der Waals surface area (Å²) in [6.45, 7) is 0.532. The van der Waals surface area contributed by atoms with Gasteiger partial charge in [0.05, 0.1) is 17.3 Å². The summed E-state index contributed by atoms with van der Waals surface area (Å²) in [7, 11) is 0. The number of aromatic nitrogens is 4. The van der Waals surface area contributed by atoms with Crippen molar-refractivity contribution < 1.29 is 4.74 Å². The van der Waals surface area contributed by atoms with Crippen LogP contribution in [0.3, 0.4) is 0 Å². The third-order valence-corrected chi connectivity index (χ3v) is 5.05. The summed E-state index contributed by atoms with van der Waals surface area (Å²) in [5.41, 5.74) is 3.61. The molecule has 2 aromatic heterocycles. The van der Waals surface area contributed by atoms with E-state index >= 15 is 0 Å². The summed E-state index contributed by atoms with van der Waals surface area (Å²) in [4.78, 5) is 8.80. The second-order valence-corrected chi connectivity index (χ2v) is 7.35. The minimum Gasteiger partial charge on any atom is -0.489 e. The fourth-order valence-corrected chi connectivity index (χ4v) is 3.35. The van der Waals surface area contributed by atoms with Gasteiger partial charge in [-0.1, -0.05) is 41.9 Å². The fraction of sp³-hybridized carbons (Fsp3) is 0.0417. The first-order valence-corrected chi connectivity index (χ1v) is 10.1. The van der Waals surface area contributed by atoms with Crippen molar-refractivity contribution in [3.63, 3.8) is 0 Å². The number of hydrogen-bond donors (Lipinski definition) is 1. The average Bonchev–Trinajstić information content (AvgIpc) is 3.25. The number of nitrogens with one attached hydrogen (secondary N) is 1. The van der Waals surface area contributed by atoms with Crippen LogP contribution >= 0.6 is 11.6 Å². The molecule has 0 amide bonds. The molecular formula is C24H18ClN5O. The molecule has 0 radical (unpaired) electrons. The third kappa shape index (κ3) is 4.20. The van der Waals surface area contributed by atoms with Crippen LogP contribution in [0.2, 0.25) is 5.02 Å². The van der Waals surface area contributed by atoms with Crippen molar-refractivity contribution in [2.24, 2.45) is 0 Å². The molecule has 0 aliphatic rings. The molecular weight excluding hydrogens is 410 g/mol. The lowest BCUT2D eigenvalue weighted by molar-refractivity contribution is 0.306. The van der Waals surface area contributed by atoms with Crippen molar-refractivity contribution in [1.82, 2.24) is 19.7 Å². The van der Waals surface area contributed by atoms with Crippen LogP contribution in [0.1, 0.15) is 5.56 Å². The van der Waals surface area contributed by atoms with Gasteiger partial charge in [0.1, 0.15) is 24.5 Å². The van der Waals surface area contributed by atoms with E-state index in [1.54, 1.807) is 10.9 Å². The van der Waals surface area contributed by atoms with Crippen molar-refractivity contribution in [3.8, 4) is 11.4 Å². The van der Waals surface area contributed by atoms with Crippen molar-refractivity contribution >= 4 is 34.1 Å². The first-order valence-electron chi connectivity index (χ1n) is 9.75. The smallest absolute Gasteiger partial charge is 0.168 e. The lowest BCUT2D eigenvalue weighted by Crippen LogP contribution is -1.99. The Balaban J connectivity index is 1.34. The highest BCUT2D eigenvalue weighted by Crippen LogP contribution is 2.26. The van der Waals surface area contributed by atoms with Crippen molar-refractivity contribution in [1.29, 1.82) is 0 Å². The Morgan fingerprint density at radius 1 is 0.871 bits per heavy atom. The maximum Gasteiger partial charge on any atom is 0.168 e. The Bertz CT molecular complexity index is 1300. The van der Waals surface area contributed by atoms with Gasteiger partial charge >= 0.3 is 0 Å². The molecule has 0 aliphatic carbocycles. The molecule has 0 aliphatic heterocycles. The number of anilines is 2. The zero-order valence-electron chi connectivity index (χ0n) is 16.4. The summed E-state index contributed by atoms with van der Waals surface area (Å²) >= 11 is 5.99. The van der Waals surface area contributed by atoms with E-state index in [2.05, 4.69) is 20.4 Å². The van der Waals surface area contributed by atoms with Crippen LogP contribution in [0.5, 0.6) is 5.75 Å². The Hall–Kier alpha value is -3.90. The molecule has 0 unspecified atom stereocenters. The highest BCUT2D eigenvalue weighted by atomic mass is 35.5. The topological polar surface area (TPSA) is 64.9 Å². The van der Waals surface area contributed by atoms with E-state index in [0.29, 0.717) is 23.1 Å². The Labute approximate surface area is 184 Å². The van der Waals surface area contributed by atoms with Gasteiger partial charge in [-0.25, -0.2) is 14.6 Å². The third-order valence-electron chi connectivity index (χ3n) is 4.80. The van der Waals surface area contributed by atoms with Gasteiger partial charge in [0.2, 0.25) is 0 Å². The molecule has 0 atom stereocenters. The van der Waals surface area contributed by atoms with Crippen LogP contribution in [0.4, 0.5) is 11.5 Å². The van der Waals surface area contributed by atoms with Crippen LogP contribution in [0.25, 0.3) is 16.7 Å². The van der Waals surface area contributed by atoms with E-state index in [-0.39, 0.29) is 0 Å². The summed E-state index contributed by atoms with van der Waals surface area (Å²) in [5, 5.41) is 9.31. The molecule has 2 heterocycles. The van der Waals surface area contributed by atoms with Gasteiger partial charge in [-0.3, -0.25) is 0 Å². The number of benzene rings is 3. The lowest BCUT2D eigenvalue weighted by atomic mass is 10.2. The molecule has 5 rings (SSSR count). The molecule has 0 spiro atoms. The molecule has 0 saturated heterocycles. The molecule has 31 heavy (non-hydrogen) atoms. The molecule has 7 heteroatoms. The van der Waals surface area contributed by atoms with E-state index < -0.39 is 0 Å². The van der Waals surface area contributed by atoms with E-state index in [1.807, 2.05) is 78.9 Å². The standard InChI is InChI=1S/C24H18ClN5O/c25-18-6-10-20(11-7-18)30-24-22(14-28-30)23(26-16-27-24)29-19-8-12-21(13-9-19)31-15-17-4-2-1-3-5-17/h1-14,16H,15H2,(H,26,27,29). The molecule has 6 nitrogen and oxygen atoms in total. The zero-order valence-corrected chi connectivity index (χ0v) is 17.2. The van der Waals surface area contributed by atoms with Crippen molar-refractivity contribution in [3.05, 3.63) is 102 Å². The van der Waals surface area contributed by atoms with Gasteiger partial charge in [0.25, 0.3) is 0 Å². The summed E-state index contributed by atoms with van der Waals surface area (Å²) in [5.74, 6) is 1.49. The van der Waals surface area contributed by atoms with Crippen LogP contribution in [0, 0.1) is 0 Å². The maximum absolute atomic E-state index is 5.99. The van der Waals surface area contributed by atoms with E-state index in [4.69, 9.17) is 16.3 Å². The van der Waals surface area contributed by atoms with Crippen LogP contribution in [0.15, 0.2) is 91.4 Å². The van der Waals surface area contributed by atoms with E-state index in [0.717, 1.165) is 28.1 Å². The Morgan fingerprint density at radius 2 is 1.65 bits per heavy atom. The van der Waals surface area contributed by atoms with Crippen LogP contribution in [-0.2, 0) is 6.61 Å². The van der Waals surface area contributed by atoms with E-state index in [1.165, 1.54) is 6.33 Å². The predicted octanol–water partition coefficient (Wildman–Crippen LogP) is 5.79. The number of fused-ring (bicyclic) bond motifs is 1. The zero-order chi connectivity index (χ0) is 21.0. The number of halogens is 1. The van der Waals surface area contributed by atoms with Crippen molar-refractivity contribution in [2.75, 3.05) is 5.32 Å². The summed E-state index contributed by atoms with van der Waals surface area (Å²) in [6, 6.07) is 25.3. The molecule has 5 aromatic rings. The second kappa shape index (κ2) is 8.45. The first-order chi connectivity index (χ1) is 15.3. The molecule has 1 N–H and O–H groups in total. The van der Waals surface area contributed by atoms with Gasteiger partial charge in [0.15, 0.2) is 5.65 Å². The summed E-state index contributed by atoms with van der Waals surface area (Å²) < 4.78 is 7.62. The first kappa shape index (κ1) is 19.1. The van der Waals surface area contributed by atoms with Crippen LogP contribution < -0.4 is 10.1 Å². The minimum atomic E-state index is 0.532. The van der Waals surface area contributed by atoms with Gasteiger partial charge < -0.3 is 10.1 Å². The Kier molecular flexibility index (Phi) is 5.21. The molecule has 0 bridgehead atoms. The SMILES string of the molecule is Clc1ccc(-n2ncc3c(Nc4ccc(OCc5ccccc5)cc4)ncnc32)cc1. The number of rotatable bonds is 6. The largest absolute Gasteiger partial charge is 0.489 e. The fourth-order valence-electron chi connectivity index (χ4n) is 3.23. The minimum absolute atomic E-state index is 0.532. The predicted molar refractivity (Wildman–Crippen MR) is 122 cm³/mol. The van der Waals surface area contributed by atoms with Crippen LogP contribution in [-0.4, -0.2) is 19.7 Å². The maximum atomic E-state index is 5.99. The highest BCUT2D eigenvalue weighted by Gasteiger charge is 2.11. The lowest BCUT2D eigenvalue weighted by Gasteiger charge is -2.09. The number of nitrogens with zero attached hydrogens (tertiary/aromatic N) is 4. The average molecular weight is 428 g/mol. The van der Waals surface area contributed by atoms with Gasteiger partial charge in [0, 0.05) is 10.7 Å². The molecule has 0 saturated carbocycles. The molecule has 3 aromatic carbocycles. The molecule has 152 valence electrons. The number of hydrogen-bond acceptors (Lipinski definition) is 5. The quantitative estimate of drug-likeness (QED) is 0.371. The van der Waals surface area contributed by atoms with E-state index in [9.17, 15) is 0 Å². The van der Waals surface area contributed by atoms with Gasteiger partial charge in [-0.05, 0) is 54.1 Å². The van der Waals surface area contributed by atoms with Gasteiger partial charge in [-0.15, -0.1) is 0 Å². The molecule has 0 fully saturated rings. The number of ether oxygens (including phenoxy) is 1. The van der Waals surface area contributed by atoms with Gasteiger partial charge in [-0.2, -0.15) is 5.10 Å². The summed E-state index contributed by atoms with van der Waals surface area (Å²) in [6.07, 6.45) is 3.28. The Morgan fingerprint density at radius 3 is 2.42 bits per heavy atom. The normalized spacial score (nSPS) is 10.9. The second-order valence-electron chi connectivity index (χ2n) is 6.92.